The molecule has 0 aliphatic rings. The van der Waals surface area contributed by atoms with Gasteiger partial charge in [0.1, 0.15) is 0 Å². The zero-order valence-electron chi connectivity index (χ0n) is 8.56. The van der Waals surface area contributed by atoms with E-state index in [0.717, 1.165) is 13.1 Å². The number of pyridine rings is 1. The van der Waals surface area contributed by atoms with Gasteiger partial charge >= 0.3 is 0 Å². The molecule has 0 unspecified atom stereocenters. The molecule has 1 aromatic carbocycles. The number of benzene rings is 1. The molecule has 1 aromatic heterocycles. The van der Waals surface area contributed by atoms with Crippen molar-refractivity contribution >= 4 is 0 Å². The number of nitrogens with zero attached hydrogens (tertiary/aromatic N) is 1. The predicted molar refractivity (Wildman–Crippen MR) is 61.2 cm³/mol. The maximum absolute atomic E-state index is 3.98. The van der Waals surface area contributed by atoms with E-state index in [2.05, 4.69) is 34.6 Å². The summed E-state index contributed by atoms with van der Waals surface area (Å²) in [7, 11) is 0. The largest absolute Gasteiger partial charge is 0.309 e. The van der Waals surface area contributed by atoms with Crippen LogP contribution >= 0.6 is 0 Å². The highest BCUT2D eigenvalue weighted by molar-refractivity contribution is 5.15. The third-order valence-electron chi connectivity index (χ3n) is 2.25. The fourth-order valence-electron chi connectivity index (χ4n) is 1.45. The molecule has 15 heavy (non-hydrogen) atoms. The van der Waals surface area contributed by atoms with E-state index in [4.69, 9.17) is 0 Å². The summed E-state index contributed by atoms with van der Waals surface area (Å²) in [6.07, 6.45) is 3.64. The molecule has 0 aliphatic carbocycles. The first kappa shape index (κ1) is 9.87. The van der Waals surface area contributed by atoms with Crippen molar-refractivity contribution in [1.82, 2.24) is 10.3 Å². The summed E-state index contributed by atoms with van der Waals surface area (Å²) in [5.74, 6) is 0. The van der Waals surface area contributed by atoms with Gasteiger partial charge < -0.3 is 5.32 Å². The Labute approximate surface area is 90.0 Å². The van der Waals surface area contributed by atoms with Crippen LogP contribution in [0.2, 0.25) is 0 Å². The predicted octanol–water partition coefficient (Wildman–Crippen LogP) is 2.37. The number of rotatable bonds is 4. The molecule has 2 aromatic rings. The van der Waals surface area contributed by atoms with Crippen LogP contribution < -0.4 is 5.32 Å². The van der Waals surface area contributed by atoms with Gasteiger partial charge in [-0.3, -0.25) is 4.98 Å². The zero-order valence-corrected chi connectivity index (χ0v) is 8.56. The molecule has 0 saturated heterocycles. The van der Waals surface area contributed by atoms with Crippen LogP contribution in [0.15, 0.2) is 54.9 Å². The fourth-order valence-corrected chi connectivity index (χ4v) is 1.45. The first-order valence-electron chi connectivity index (χ1n) is 5.09. The van der Waals surface area contributed by atoms with E-state index in [9.17, 15) is 0 Å². The molecule has 0 fully saturated rings. The van der Waals surface area contributed by atoms with Crippen molar-refractivity contribution in [2.24, 2.45) is 0 Å². The van der Waals surface area contributed by atoms with Crippen molar-refractivity contribution in [3.8, 4) is 0 Å². The van der Waals surface area contributed by atoms with Crippen LogP contribution in [-0.4, -0.2) is 4.98 Å². The summed E-state index contributed by atoms with van der Waals surface area (Å²) in [4.78, 5) is 3.98. The lowest BCUT2D eigenvalue weighted by Gasteiger charge is -2.04. The first-order valence-corrected chi connectivity index (χ1v) is 5.09. The van der Waals surface area contributed by atoms with Crippen LogP contribution in [0.1, 0.15) is 11.1 Å². The Kier molecular flexibility index (Phi) is 3.47. The van der Waals surface area contributed by atoms with Crippen molar-refractivity contribution in [1.29, 1.82) is 0 Å². The third kappa shape index (κ3) is 3.18. The molecular weight excluding hydrogens is 184 g/mol. The lowest BCUT2D eigenvalue weighted by atomic mass is 10.2. The fraction of sp³-hybridized carbons (Fsp3) is 0.154. The van der Waals surface area contributed by atoms with Crippen molar-refractivity contribution in [2.45, 2.75) is 13.1 Å². The molecule has 0 spiro atoms. The van der Waals surface area contributed by atoms with Crippen molar-refractivity contribution in [2.75, 3.05) is 0 Å². The summed E-state index contributed by atoms with van der Waals surface area (Å²) in [6, 6.07) is 14.5. The minimum Gasteiger partial charge on any atom is -0.309 e. The Bertz CT molecular complexity index is 344. The quantitative estimate of drug-likeness (QED) is 0.815. The van der Waals surface area contributed by atoms with Gasteiger partial charge in [-0.1, -0.05) is 30.3 Å². The van der Waals surface area contributed by atoms with Gasteiger partial charge in [0, 0.05) is 25.5 Å². The van der Waals surface area contributed by atoms with Gasteiger partial charge in [-0.25, -0.2) is 0 Å². The first-order chi connectivity index (χ1) is 7.45. The van der Waals surface area contributed by atoms with E-state index < -0.39 is 0 Å². The minimum absolute atomic E-state index is 0.886. The second-order valence-electron chi connectivity index (χ2n) is 3.44. The summed E-state index contributed by atoms with van der Waals surface area (Å²) in [6.45, 7) is 1.79. The smallest absolute Gasteiger partial charge is 0.0271 e. The van der Waals surface area contributed by atoms with Crippen LogP contribution in [0.5, 0.6) is 0 Å². The van der Waals surface area contributed by atoms with Crippen molar-refractivity contribution < 1.29 is 0 Å². The molecule has 0 atom stereocenters. The molecular formula is C13H14N2. The Morgan fingerprint density at radius 1 is 0.800 bits per heavy atom. The maximum Gasteiger partial charge on any atom is 0.0271 e. The van der Waals surface area contributed by atoms with Gasteiger partial charge in [0.05, 0.1) is 0 Å². The topological polar surface area (TPSA) is 24.9 Å². The highest BCUT2D eigenvalue weighted by atomic mass is 14.8. The van der Waals surface area contributed by atoms with Gasteiger partial charge in [-0.15, -0.1) is 0 Å². The monoisotopic (exact) mass is 198 g/mol. The lowest BCUT2D eigenvalue weighted by Crippen LogP contribution is -2.12. The summed E-state index contributed by atoms with van der Waals surface area (Å²) < 4.78 is 0. The number of nitrogens with one attached hydrogen (secondary N) is 1. The van der Waals surface area contributed by atoms with Gasteiger partial charge in [0.15, 0.2) is 0 Å². The molecule has 1 heterocycles. The normalized spacial score (nSPS) is 10.1. The second kappa shape index (κ2) is 5.27. The van der Waals surface area contributed by atoms with Crippen LogP contribution in [0, 0.1) is 0 Å². The van der Waals surface area contributed by atoms with Gasteiger partial charge in [-0.2, -0.15) is 0 Å². The molecule has 0 amide bonds. The summed E-state index contributed by atoms with van der Waals surface area (Å²) >= 11 is 0. The molecule has 0 bridgehead atoms. The lowest BCUT2D eigenvalue weighted by molar-refractivity contribution is 0.693. The van der Waals surface area contributed by atoms with E-state index >= 15 is 0 Å². The summed E-state index contributed by atoms with van der Waals surface area (Å²) in [5, 5.41) is 3.39. The van der Waals surface area contributed by atoms with Crippen molar-refractivity contribution in [3.63, 3.8) is 0 Å². The van der Waals surface area contributed by atoms with Crippen LogP contribution in [0.3, 0.4) is 0 Å². The highest BCUT2D eigenvalue weighted by Gasteiger charge is 1.92. The van der Waals surface area contributed by atoms with Crippen LogP contribution in [0.25, 0.3) is 0 Å². The molecule has 76 valence electrons. The van der Waals surface area contributed by atoms with Crippen molar-refractivity contribution in [3.05, 3.63) is 66.0 Å². The maximum atomic E-state index is 3.98. The number of hydrogen-bond donors (Lipinski definition) is 1. The van der Waals surface area contributed by atoms with E-state index in [1.54, 1.807) is 0 Å². The molecule has 0 radical (unpaired) electrons. The average molecular weight is 198 g/mol. The van der Waals surface area contributed by atoms with Crippen LogP contribution in [-0.2, 0) is 13.1 Å². The standard InChI is InChI=1S/C13H14N2/c1-2-4-12(5-3-1)10-15-11-13-6-8-14-9-7-13/h1-9,15H,10-11H2. The van der Waals surface area contributed by atoms with Crippen LogP contribution in [0.4, 0.5) is 0 Å². The molecule has 2 nitrogen and oxygen atoms in total. The van der Waals surface area contributed by atoms with Gasteiger partial charge in [0.25, 0.3) is 0 Å². The van der Waals surface area contributed by atoms with E-state index in [-0.39, 0.29) is 0 Å². The Morgan fingerprint density at radius 2 is 1.40 bits per heavy atom. The van der Waals surface area contributed by atoms with E-state index in [1.807, 2.05) is 30.6 Å². The second-order valence-corrected chi connectivity index (χ2v) is 3.44. The highest BCUT2D eigenvalue weighted by Crippen LogP contribution is 1.99. The average Bonchev–Trinajstić information content (AvgIpc) is 2.32. The van der Waals surface area contributed by atoms with E-state index in [0.29, 0.717) is 0 Å². The Hall–Kier alpha value is -1.67. The number of hydrogen-bond acceptors (Lipinski definition) is 2. The number of aromatic nitrogens is 1. The third-order valence-corrected chi connectivity index (χ3v) is 2.25. The zero-order chi connectivity index (χ0) is 10.3. The van der Waals surface area contributed by atoms with Gasteiger partial charge in [0.2, 0.25) is 0 Å². The van der Waals surface area contributed by atoms with E-state index in [1.165, 1.54) is 11.1 Å². The molecule has 2 rings (SSSR count). The molecule has 0 saturated carbocycles. The Morgan fingerprint density at radius 3 is 2.07 bits per heavy atom. The van der Waals surface area contributed by atoms with Gasteiger partial charge in [-0.05, 0) is 23.3 Å². The summed E-state index contributed by atoms with van der Waals surface area (Å²) in [5.41, 5.74) is 2.58. The molecule has 0 aliphatic heterocycles. The SMILES string of the molecule is c1ccc(CNCc2ccncc2)cc1. The molecule has 2 heteroatoms. The minimum atomic E-state index is 0.886. The Balaban J connectivity index is 1.81. The molecule has 1 N–H and O–H groups in total.